The summed E-state index contributed by atoms with van der Waals surface area (Å²) in [6.45, 7) is 5.78. The molecule has 0 fully saturated rings. The first-order valence-electron chi connectivity index (χ1n) is 8.91. The van der Waals surface area contributed by atoms with E-state index >= 15 is 0 Å². The minimum atomic E-state index is -4.38. The zero-order valence-corrected chi connectivity index (χ0v) is 16.9. The summed E-state index contributed by atoms with van der Waals surface area (Å²) in [5.74, 6) is 0.817. The number of halogens is 3. The summed E-state index contributed by atoms with van der Waals surface area (Å²) < 4.78 is 40.2. The molecule has 0 radical (unpaired) electrons. The summed E-state index contributed by atoms with van der Waals surface area (Å²) in [6, 6.07) is 5.19. The molecular weight excluding hydrogens is 403 g/mol. The van der Waals surface area contributed by atoms with Crippen LogP contribution in [-0.2, 0) is 23.9 Å². The fourth-order valence-electron chi connectivity index (χ4n) is 2.81. The first kappa shape index (κ1) is 21.0. The smallest absolute Gasteiger partial charge is 0.302 e. The van der Waals surface area contributed by atoms with Gasteiger partial charge in [0.05, 0.1) is 18.0 Å². The summed E-state index contributed by atoms with van der Waals surface area (Å²) in [4.78, 5) is 21.6. The van der Waals surface area contributed by atoms with Crippen molar-refractivity contribution in [1.82, 2.24) is 19.7 Å². The van der Waals surface area contributed by atoms with E-state index in [0.29, 0.717) is 29.5 Å². The van der Waals surface area contributed by atoms with Gasteiger partial charge in [0.1, 0.15) is 11.6 Å². The average molecular weight is 423 g/mol. The highest BCUT2D eigenvalue weighted by molar-refractivity contribution is 7.15. The number of alkyl halides is 3. The first-order chi connectivity index (χ1) is 13.6. The number of benzene rings is 1. The highest BCUT2D eigenvalue weighted by Crippen LogP contribution is 2.30. The molecule has 154 valence electrons. The van der Waals surface area contributed by atoms with Crippen molar-refractivity contribution in [2.45, 2.75) is 39.9 Å². The van der Waals surface area contributed by atoms with Crippen LogP contribution in [0.15, 0.2) is 30.5 Å². The van der Waals surface area contributed by atoms with Crippen LogP contribution in [0.1, 0.15) is 34.6 Å². The Morgan fingerprint density at radius 1 is 1.31 bits per heavy atom. The Balaban J connectivity index is 1.61. The molecule has 3 rings (SSSR count). The zero-order chi connectivity index (χ0) is 21.2. The number of thiazole rings is 1. The van der Waals surface area contributed by atoms with Crippen molar-refractivity contribution < 1.29 is 18.0 Å². The number of carbonyl (C=O) groups is 1. The molecule has 0 saturated carbocycles. The van der Waals surface area contributed by atoms with Gasteiger partial charge in [-0.3, -0.25) is 4.79 Å². The van der Waals surface area contributed by atoms with Crippen LogP contribution < -0.4 is 5.32 Å². The van der Waals surface area contributed by atoms with Gasteiger partial charge in [-0.1, -0.05) is 25.1 Å². The zero-order valence-electron chi connectivity index (χ0n) is 16.1. The van der Waals surface area contributed by atoms with Gasteiger partial charge in [-0.05, 0) is 25.5 Å². The standard InChI is InChI=1S/C19H20F3N5OS/c1-11(10-27-13(3)24-12(2)26-27)17(28)25-18-23-9-16(29-18)8-14-5-4-6-15(7-14)19(20,21)22/h4-7,9,11H,8,10H2,1-3H3,(H,23,25,28)/t11-/m0/s1. The van der Waals surface area contributed by atoms with Crippen LogP contribution in [0.25, 0.3) is 0 Å². The number of hydrogen-bond donors (Lipinski definition) is 1. The van der Waals surface area contributed by atoms with Crippen molar-refractivity contribution in [1.29, 1.82) is 0 Å². The first-order valence-corrected chi connectivity index (χ1v) is 9.73. The lowest BCUT2D eigenvalue weighted by molar-refractivity contribution is -0.137. The van der Waals surface area contributed by atoms with E-state index in [9.17, 15) is 18.0 Å². The van der Waals surface area contributed by atoms with E-state index in [0.717, 1.165) is 22.8 Å². The second-order valence-corrected chi connectivity index (χ2v) is 7.90. The molecule has 10 heteroatoms. The highest BCUT2D eigenvalue weighted by atomic mass is 32.1. The van der Waals surface area contributed by atoms with E-state index in [1.807, 2.05) is 6.92 Å². The fourth-order valence-corrected chi connectivity index (χ4v) is 3.66. The van der Waals surface area contributed by atoms with Crippen molar-refractivity contribution >= 4 is 22.4 Å². The fraction of sp³-hybridized carbons (Fsp3) is 0.368. The molecule has 3 aromatic rings. The van der Waals surface area contributed by atoms with Crippen molar-refractivity contribution in [3.8, 4) is 0 Å². The Morgan fingerprint density at radius 2 is 2.07 bits per heavy atom. The lowest BCUT2D eigenvalue weighted by atomic mass is 10.1. The second-order valence-electron chi connectivity index (χ2n) is 6.79. The van der Waals surface area contributed by atoms with Crippen LogP contribution in [-0.4, -0.2) is 25.7 Å². The summed E-state index contributed by atoms with van der Waals surface area (Å²) in [5.41, 5.74) is -0.146. The van der Waals surface area contributed by atoms with Crippen LogP contribution in [0, 0.1) is 19.8 Å². The molecule has 0 aliphatic rings. The lowest BCUT2D eigenvalue weighted by Gasteiger charge is -2.11. The average Bonchev–Trinajstić information content (AvgIpc) is 3.20. The molecule has 2 heterocycles. The Hall–Kier alpha value is -2.75. The minimum Gasteiger partial charge on any atom is -0.302 e. The SMILES string of the molecule is Cc1nc(C)n(C[C@H](C)C(=O)Nc2ncc(Cc3cccc(C(F)(F)F)c3)s2)n1. The number of amides is 1. The predicted molar refractivity (Wildman–Crippen MR) is 104 cm³/mol. The maximum Gasteiger partial charge on any atom is 0.416 e. The number of anilines is 1. The summed E-state index contributed by atoms with van der Waals surface area (Å²) in [5, 5.41) is 7.42. The van der Waals surface area contributed by atoms with E-state index < -0.39 is 11.7 Å². The third-order valence-electron chi connectivity index (χ3n) is 4.27. The third-order valence-corrected chi connectivity index (χ3v) is 5.19. The normalized spacial score (nSPS) is 12.8. The summed E-state index contributed by atoms with van der Waals surface area (Å²) in [7, 11) is 0. The van der Waals surface area contributed by atoms with E-state index in [2.05, 4.69) is 20.4 Å². The van der Waals surface area contributed by atoms with Gasteiger partial charge in [-0.2, -0.15) is 18.3 Å². The Morgan fingerprint density at radius 3 is 2.72 bits per heavy atom. The Kier molecular flexibility index (Phi) is 6.02. The molecular formula is C19H20F3N5OS. The molecule has 1 amide bonds. The topological polar surface area (TPSA) is 72.7 Å². The van der Waals surface area contributed by atoms with Crippen molar-refractivity contribution in [2.75, 3.05) is 5.32 Å². The van der Waals surface area contributed by atoms with Crippen molar-refractivity contribution in [3.05, 3.63) is 58.1 Å². The summed E-state index contributed by atoms with van der Waals surface area (Å²) >= 11 is 1.24. The van der Waals surface area contributed by atoms with Crippen LogP contribution in [0.4, 0.5) is 18.3 Å². The Bertz CT molecular complexity index is 1010. The number of rotatable bonds is 6. The molecule has 0 unspecified atom stereocenters. The predicted octanol–water partition coefficient (Wildman–Crippen LogP) is 4.24. The molecule has 0 bridgehead atoms. The van der Waals surface area contributed by atoms with Gasteiger partial charge in [-0.25, -0.2) is 14.6 Å². The number of nitrogens with one attached hydrogen (secondary N) is 1. The Labute approximate surface area is 169 Å². The van der Waals surface area contributed by atoms with Gasteiger partial charge in [0.25, 0.3) is 0 Å². The third kappa shape index (κ3) is 5.41. The number of carbonyl (C=O) groups excluding carboxylic acids is 1. The quantitative estimate of drug-likeness (QED) is 0.644. The maximum atomic E-state index is 12.8. The van der Waals surface area contributed by atoms with E-state index in [1.54, 1.807) is 30.8 Å². The summed E-state index contributed by atoms with van der Waals surface area (Å²) in [6.07, 6.45) is -2.50. The molecule has 29 heavy (non-hydrogen) atoms. The molecule has 6 nitrogen and oxygen atoms in total. The van der Waals surface area contributed by atoms with Crippen LogP contribution in [0.5, 0.6) is 0 Å². The molecule has 2 aromatic heterocycles. The van der Waals surface area contributed by atoms with E-state index in [-0.39, 0.29) is 11.8 Å². The molecule has 0 spiro atoms. The van der Waals surface area contributed by atoms with Gasteiger partial charge in [0, 0.05) is 17.5 Å². The molecule has 1 N–H and O–H groups in total. The lowest BCUT2D eigenvalue weighted by Crippen LogP contribution is -2.25. The monoisotopic (exact) mass is 423 g/mol. The second kappa shape index (κ2) is 8.32. The van der Waals surface area contributed by atoms with Crippen LogP contribution in [0.2, 0.25) is 0 Å². The van der Waals surface area contributed by atoms with Gasteiger partial charge in [0.15, 0.2) is 5.13 Å². The molecule has 0 saturated heterocycles. The molecule has 0 aliphatic carbocycles. The van der Waals surface area contributed by atoms with Gasteiger partial charge in [-0.15, -0.1) is 11.3 Å². The van der Waals surface area contributed by atoms with Crippen molar-refractivity contribution in [3.63, 3.8) is 0 Å². The van der Waals surface area contributed by atoms with E-state index in [1.165, 1.54) is 17.4 Å². The number of aromatic nitrogens is 4. The molecule has 0 aliphatic heterocycles. The highest BCUT2D eigenvalue weighted by Gasteiger charge is 2.30. The van der Waals surface area contributed by atoms with Gasteiger partial charge < -0.3 is 5.32 Å². The van der Waals surface area contributed by atoms with Gasteiger partial charge >= 0.3 is 6.18 Å². The maximum absolute atomic E-state index is 12.8. The van der Waals surface area contributed by atoms with Gasteiger partial charge in [0.2, 0.25) is 5.91 Å². The molecule has 1 aromatic carbocycles. The number of aryl methyl sites for hydroxylation is 2. The largest absolute Gasteiger partial charge is 0.416 e. The van der Waals surface area contributed by atoms with Crippen LogP contribution >= 0.6 is 11.3 Å². The number of nitrogens with zero attached hydrogens (tertiary/aromatic N) is 4. The number of hydrogen-bond acceptors (Lipinski definition) is 5. The minimum absolute atomic E-state index is 0.211. The van der Waals surface area contributed by atoms with E-state index in [4.69, 9.17) is 0 Å². The van der Waals surface area contributed by atoms with Crippen molar-refractivity contribution in [2.24, 2.45) is 5.92 Å². The van der Waals surface area contributed by atoms with Crippen LogP contribution in [0.3, 0.4) is 0 Å². The molecule has 1 atom stereocenters.